The molecule has 4 nitrogen and oxygen atoms in total. The summed E-state index contributed by atoms with van der Waals surface area (Å²) in [5.74, 6) is 1.23. The third-order valence-corrected chi connectivity index (χ3v) is 4.89. The number of furan rings is 1. The lowest BCUT2D eigenvalue weighted by atomic mass is 9.96. The topological polar surface area (TPSA) is 49.6 Å². The summed E-state index contributed by atoms with van der Waals surface area (Å²) >= 11 is 17.5. The Morgan fingerprint density at radius 1 is 1.16 bits per heavy atom. The predicted octanol–water partition coefficient (Wildman–Crippen LogP) is 5.38. The Bertz CT molecular complexity index is 769. The van der Waals surface area contributed by atoms with Gasteiger partial charge in [0.25, 0.3) is 0 Å². The van der Waals surface area contributed by atoms with Crippen molar-refractivity contribution >= 4 is 46.7 Å². The van der Waals surface area contributed by atoms with E-state index in [0.717, 1.165) is 18.4 Å². The van der Waals surface area contributed by atoms with E-state index in [1.807, 2.05) is 12.1 Å². The average molecular weight is 396 g/mol. The van der Waals surface area contributed by atoms with Crippen LogP contribution in [0, 0.1) is 0 Å². The van der Waals surface area contributed by atoms with E-state index >= 15 is 0 Å². The molecule has 3 rings (SSSR count). The molecule has 1 fully saturated rings. The highest BCUT2D eigenvalue weighted by Gasteiger charge is 2.13. The van der Waals surface area contributed by atoms with Crippen molar-refractivity contribution in [3.63, 3.8) is 0 Å². The lowest BCUT2D eigenvalue weighted by molar-refractivity contribution is 0.412. The van der Waals surface area contributed by atoms with Crippen LogP contribution >= 0.6 is 35.4 Å². The van der Waals surface area contributed by atoms with Gasteiger partial charge in [-0.05, 0) is 55.4 Å². The standard InChI is InChI=1S/C18H19Cl2N3OS/c19-12-6-8-16(20)15(10-12)17-9-7-14(24-17)11-21-23-18(25)22-13-4-2-1-3-5-13/h6-11,13H,1-5H2,(H2,22,23,25)/b21-11-. The highest BCUT2D eigenvalue weighted by atomic mass is 35.5. The quantitative estimate of drug-likeness (QED) is 0.414. The van der Waals surface area contributed by atoms with E-state index in [1.54, 1.807) is 24.4 Å². The Morgan fingerprint density at radius 2 is 1.96 bits per heavy atom. The number of nitrogens with one attached hydrogen (secondary N) is 2. The zero-order valence-electron chi connectivity index (χ0n) is 13.6. The van der Waals surface area contributed by atoms with E-state index in [2.05, 4.69) is 15.8 Å². The summed E-state index contributed by atoms with van der Waals surface area (Å²) < 4.78 is 5.74. The first kappa shape index (κ1) is 18.2. The summed E-state index contributed by atoms with van der Waals surface area (Å²) in [7, 11) is 0. The second-order valence-corrected chi connectivity index (χ2v) is 7.26. The molecule has 0 amide bonds. The zero-order valence-corrected chi connectivity index (χ0v) is 15.9. The molecule has 2 aromatic rings. The van der Waals surface area contributed by atoms with Crippen LogP contribution in [0.1, 0.15) is 37.9 Å². The lowest BCUT2D eigenvalue weighted by Crippen LogP contribution is -2.40. The molecule has 0 saturated heterocycles. The van der Waals surface area contributed by atoms with Gasteiger partial charge in [0.15, 0.2) is 5.11 Å². The summed E-state index contributed by atoms with van der Waals surface area (Å²) in [6.07, 6.45) is 7.72. The summed E-state index contributed by atoms with van der Waals surface area (Å²) in [4.78, 5) is 0. The van der Waals surface area contributed by atoms with Crippen LogP contribution in [0.3, 0.4) is 0 Å². The van der Waals surface area contributed by atoms with Crippen molar-refractivity contribution in [1.82, 2.24) is 10.7 Å². The largest absolute Gasteiger partial charge is 0.455 e. The Kier molecular flexibility index (Phi) is 6.34. The third-order valence-electron chi connectivity index (χ3n) is 4.12. The van der Waals surface area contributed by atoms with E-state index in [0.29, 0.717) is 32.7 Å². The van der Waals surface area contributed by atoms with Crippen LogP contribution in [-0.2, 0) is 0 Å². The molecule has 2 N–H and O–H groups in total. The Hall–Kier alpha value is -1.56. The van der Waals surface area contributed by atoms with Crippen molar-refractivity contribution in [1.29, 1.82) is 0 Å². The predicted molar refractivity (Wildman–Crippen MR) is 108 cm³/mol. The highest BCUT2D eigenvalue weighted by Crippen LogP contribution is 2.31. The van der Waals surface area contributed by atoms with Gasteiger partial charge in [0.1, 0.15) is 11.5 Å². The van der Waals surface area contributed by atoms with Gasteiger partial charge in [-0.15, -0.1) is 0 Å². The highest BCUT2D eigenvalue weighted by molar-refractivity contribution is 7.80. The summed E-state index contributed by atoms with van der Waals surface area (Å²) in [6, 6.07) is 9.34. The van der Waals surface area contributed by atoms with Crippen LogP contribution < -0.4 is 10.7 Å². The first-order valence-electron chi connectivity index (χ1n) is 8.26. The summed E-state index contributed by atoms with van der Waals surface area (Å²) in [5, 5.41) is 9.14. The molecule has 1 aromatic heterocycles. The normalized spacial score (nSPS) is 15.4. The van der Waals surface area contributed by atoms with Crippen LogP contribution in [0.5, 0.6) is 0 Å². The maximum absolute atomic E-state index is 6.19. The van der Waals surface area contributed by atoms with Crippen LogP contribution in [0.4, 0.5) is 0 Å². The second kappa shape index (κ2) is 8.70. The van der Waals surface area contributed by atoms with Crippen LogP contribution in [-0.4, -0.2) is 17.4 Å². The number of hydrazone groups is 1. The molecule has 25 heavy (non-hydrogen) atoms. The van der Waals surface area contributed by atoms with E-state index < -0.39 is 0 Å². The molecule has 0 spiro atoms. The van der Waals surface area contributed by atoms with Crippen LogP contribution in [0.15, 0.2) is 39.9 Å². The van der Waals surface area contributed by atoms with E-state index in [4.69, 9.17) is 39.8 Å². The minimum Gasteiger partial charge on any atom is -0.455 e. The fourth-order valence-electron chi connectivity index (χ4n) is 2.87. The van der Waals surface area contributed by atoms with Gasteiger partial charge in [0.2, 0.25) is 0 Å². The molecule has 1 aromatic carbocycles. The number of hydrogen-bond acceptors (Lipinski definition) is 3. The Morgan fingerprint density at radius 3 is 2.76 bits per heavy atom. The molecule has 1 saturated carbocycles. The van der Waals surface area contributed by atoms with Gasteiger partial charge in [0.05, 0.1) is 11.2 Å². The van der Waals surface area contributed by atoms with Gasteiger partial charge < -0.3 is 9.73 Å². The van der Waals surface area contributed by atoms with Crippen molar-refractivity contribution in [2.75, 3.05) is 0 Å². The number of benzene rings is 1. The monoisotopic (exact) mass is 395 g/mol. The third kappa shape index (κ3) is 5.21. The SMILES string of the molecule is S=C(N/N=C\c1ccc(-c2cc(Cl)ccc2Cl)o1)NC1CCCCC1. The molecule has 1 heterocycles. The maximum atomic E-state index is 6.19. The molecule has 132 valence electrons. The van der Waals surface area contributed by atoms with E-state index in [1.165, 1.54) is 19.3 Å². The van der Waals surface area contributed by atoms with E-state index in [9.17, 15) is 0 Å². The molecule has 7 heteroatoms. The maximum Gasteiger partial charge on any atom is 0.187 e. The van der Waals surface area contributed by atoms with Gasteiger partial charge in [-0.3, -0.25) is 5.43 Å². The summed E-state index contributed by atoms with van der Waals surface area (Å²) in [6.45, 7) is 0. The van der Waals surface area contributed by atoms with Crippen LogP contribution in [0.2, 0.25) is 10.0 Å². The molecular weight excluding hydrogens is 377 g/mol. The van der Waals surface area contributed by atoms with Gasteiger partial charge in [-0.1, -0.05) is 42.5 Å². The number of thiocarbonyl (C=S) groups is 1. The zero-order chi connectivity index (χ0) is 17.6. The van der Waals surface area contributed by atoms with Gasteiger partial charge in [-0.25, -0.2) is 0 Å². The number of halogens is 2. The fraction of sp³-hybridized carbons (Fsp3) is 0.333. The molecule has 1 aliphatic carbocycles. The van der Waals surface area contributed by atoms with Crippen molar-refractivity contribution in [2.24, 2.45) is 5.10 Å². The van der Waals surface area contributed by atoms with Crippen molar-refractivity contribution < 1.29 is 4.42 Å². The van der Waals surface area contributed by atoms with Crippen LogP contribution in [0.25, 0.3) is 11.3 Å². The lowest BCUT2D eigenvalue weighted by Gasteiger charge is -2.23. The molecule has 1 aliphatic rings. The summed E-state index contributed by atoms with van der Waals surface area (Å²) in [5.41, 5.74) is 3.58. The molecule has 0 bridgehead atoms. The van der Waals surface area contributed by atoms with Gasteiger partial charge >= 0.3 is 0 Å². The average Bonchev–Trinajstić information content (AvgIpc) is 3.06. The Labute approximate surface area is 162 Å². The second-order valence-electron chi connectivity index (χ2n) is 6.00. The van der Waals surface area contributed by atoms with Crippen molar-refractivity contribution in [2.45, 2.75) is 38.1 Å². The fourth-order valence-corrected chi connectivity index (χ4v) is 3.47. The molecule has 0 radical (unpaired) electrons. The number of rotatable bonds is 4. The van der Waals surface area contributed by atoms with Crippen molar-refractivity contribution in [3.05, 3.63) is 46.1 Å². The molecule has 0 atom stereocenters. The number of hydrogen-bond donors (Lipinski definition) is 2. The number of nitrogens with zero attached hydrogens (tertiary/aromatic N) is 1. The first-order chi connectivity index (χ1) is 12.1. The van der Waals surface area contributed by atoms with Crippen molar-refractivity contribution in [3.8, 4) is 11.3 Å². The van der Waals surface area contributed by atoms with E-state index in [-0.39, 0.29) is 0 Å². The minimum absolute atomic E-state index is 0.448. The minimum atomic E-state index is 0.448. The molecule has 0 unspecified atom stereocenters. The smallest absolute Gasteiger partial charge is 0.187 e. The molecular formula is C18H19Cl2N3OS. The molecule has 0 aliphatic heterocycles. The van der Waals surface area contributed by atoms with Gasteiger partial charge in [-0.2, -0.15) is 5.10 Å². The first-order valence-corrected chi connectivity index (χ1v) is 9.43. The Balaban J connectivity index is 1.56. The van der Waals surface area contributed by atoms with Gasteiger partial charge in [0, 0.05) is 16.6 Å².